The molecule has 0 aromatic carbocycles. The summed E-state index contributed by atoms with van der Waals surface area (Å²) >= 11 is 0. The Bertz CT molecular complexity index is 133. The lowest BCUT2D eigenvalue weighted by Crippen LogP contribution is -2.28. The van der Waals surface area contributed by atoms with Crippen molar-refractivity contribution in [2.45, 2.75) is 38.6 Å². The van der Waals surface area contributed by atoms with Crippen LogP contribution in [0.4, 0.5) is 0 Å². The van der Waals surface area contributed by atoms with Gasteiger partial charge in [0.25, 0.3) is 0 Å². The molecule has 2 unspecified atom stereocenters. The van der Waals surface area contributed by atoms with E-state index in [1.165, 1.54) is 0 Å². The molecule has 58 valence electrons. The number of carbonyl (C=O) groups is 1. The molecule has 0 saturated heterocycles. The van der Waals surface area contributed by atoms with E-state index in [4.69, 9.17) is 5.73 Å². The average molecular weight is 141 g/mol. The molecule has 2 N–H and O–H groups in total. The molecule has 0 aliphatic heterocycles. The maximum Gasteiger partial charge on any atom is 0.134 e. The Morgan fingerprint density at radius 1 is 1.60 bits per heavy atom. The Balaban J connectivity index is 2.49. The highest BCUT2D eigenvalue weighted by atomic mass is 16.1. The number of hydrogen-bond donors (Lipinski definition) is 1. The van der Waals surface area contributed by atoms with Gasteiger partial charge in [0.15, 0.2) is 0 Å². The van der Waals surface area contributed by atoms with Gasteiger partial charge in [-0.2, -0.15) is 0 Å². The van der Waals surface area contributed by atoms with Gasteiger partial charge in [-0.25, -0.2) is 0 Å². The lowest BCUT2D eigenvalue weighted by Gasteiger charge is -2.14. The number of carbonyl (C=O) groups excluding carboxylic acids is 1. The minimum absolute atomic E-state index is 0.120. The lowest BCUT2D eigenvalue weighted by molar-refractivity contribution is -0.119. The Kier molecular flexibility index (Phi) is 2.44. The second kappa shape index (κ2) is 3.15. The Hall–Kier alpha value is -0.370. The van der Waals surface area contributed by atoms with E-state index in [0.29, 0.717) is 18.1 Å². The van der Waals surface area contributed by atoms with Crippen LogP contribution in [0.15, 0.2) is 0 Å². The quantitative estimate of drug-likeness (QED) is 0.513. The minimum atomic E-state index is 0.120. The first-order valence-electron chi connectivity index (χ1n) is 3.97. The summed E-state index contributed by atoms with van der Waals surface area (Å²) in [5, 5.41) is 0. The molecule has 0 bridgehead atoms. The molecule has 0 spiro atoms. The third-order valence-corrected chi connectivity index (χ3v) is 2.31. The van der Waals surface area contributed by atoms with Crippen LogP contribution in [0.1, 0.15) is 32.6 Å². The van der Waals surface area contributed by atoms with Crippen molar-refractivity contribution in [3.8, 4) is 0 Å². The van der Waals surface area contributed by atoms with Crippen LogP contribution in [-0.2, 0) is 4.79 Å². The predicted molar refractivity (Wildman–Crippen MR) is 40.6 cm³/mol. The fourth-order valence-electron chi connectivity index (χ4n) is 1.40. The second-order valence-electron chi connectivity index (χ2n) is 3.28. The van der Waals surface area contributed by atoms with Crippen LogP contribution in [-0.4, -0.2) is 11.8 Å². The first-order valence-corrected chi connectivity index (χ1v) is 3.97. The van der Waals surface area contributed by atoms with Crippen molar-refractivity contribution in [1.29, 1.82) is 0 Å². The minimum Gasteiger partial charge on any atom is -0.327 e. The standard InChI is InChI=1S/C8H15NO/c1-6-3-2-4-7(10)5-8(6)9/h6,8H,2-5,9H2,1H3. The zero-order valence-corrected chi connectivity index (χ0v) is 6.47. The largest absolute Gasteiger partial charge is 0.327 e. The molecule has 2 nitrogen and oxygen atoms in total. The van der Waals surface area contributed by atoms with Gasteiger partial charge in [-0.1, -0.05) is 6.92 Å². The second-order valence-corrected chi connectivity index (χ2v) is 3.28. The van der Waals surface area contributed by atoms with E-state index in [9.17, 15) is 4.79 Å². The van der Waals surface area contributed by atoms with E-state index >= 15 is 0 Å². The number of hydrogen-bond acceptors (Lipinski definition) is 2. The van der Waals surface area contributed by atoms with Crippen molar-refractivity contribution < 1.29 is 4.79 Å². The molecule has 10 heavy (non-hydrogen) atoms. The number of rotatable bonds is 0. The van der Waals surface area contributed by atoms with E-state index in [1.54, 1.807) is 0 Å². The van der Waals surface area contributed by atoms with Gasteiger partial charge in [-0.05, 0) is 18.8 Å². The Labute approximate surface area is 61.8 Å². The SMILES string of the molecule is CC1CCCC(=O)CC1N. The molecular weight excluding hydrogens is 126 g/mol. The van der Waals surface area contributed by atoms with Crippen LogP contribution in [0.5, 0.6) is 0 Å². The summed E-state index contributed by atoms with van der Waals surface area (Å²) in [5.41, 5.74) is 5.75. The third kappa shape index (κ3) is 1.81. The molecule has 1 aliphatic rings. The van der Waals surface area contributed by atoms with E-state index < -0.39 is 0 Å². The fraction of sp³-hybridized carbons (Fsp3) is 0.875. The summed E-state index contributed by atoms with van der Waals surface area (Å²) in [6.45, 7) is 2.13. The van der Waals surface area contributed by atoms with E-state index in [0.717, 1.165) is 19.3 Å². The summed E-state index contributed by atoms with van der Waals surface area (Å²) in [6.07, 6.45) is 3.50. The van der Waals surface area contributed by atoms with Crippen molar-refractivity contribution in [1.82, 2.24) is 0 Å². The van der Waals surface area contributed by atoms with Crippen LogP contribution in [0.25, 0.3) is 0 Å². The monoisotopic (exact) mass is 141 g/mol. The number of nitrogens with two attached hydrogens (primary N) is 1. The molecule has 0 aromatic heterocycles. The maximum absolute atomic E-state index is 11.0. The van der Waals surface area contributed by atoms with Gasteiger partial charge in [0.1, 0.15) is 5.78 Å². The van der Waals surface area contributed by atoms with Gasteiger partial charge in [-0.3, -0.25) is 4.79 Å². The van der Waals surface area contributed by atoms with Crippen LogP contribution in [0.2, 0.25) is 0 Å². The first-order chi connectivity index (χ1) is 4.70. The highest BCUT2D eigenvalue weighted by Crippen LogP contribution is 2.18. The van der Waals surface area contributed by atoms with Gasteiger partial charge in [0.05, 0.1) is 0 Å². The van der Waals surface area contributed by atoms with Gasteiger partial charge in [0, 0.05) is 18.9 Å². The summed E-state index contributed by atoms with van der Waals surface area (Å²) in [5.74, 6) is 0.878. The highest BCUT2D eigenvalue weighted by Gasteiger charge is 2.19. The van der Waals surface area contributed by atoms with Crippen molar-refractivity contribution in [2.75, 3.05) is 0 Å². The summed E-state index contributed by atoms with van der Waals surface area (Å²) in [6, 6.07) is 0.120. The van der Waals surface area contributed by atoms with Gasteiger partial charge < -0.3 is 5.73 Å². The zero-order chi connectivity index (χ0) is 7.56. The molecule has 1 rings (SSSR count). The molecule has 0 amide bonds. The molecule has 0 aromatic rings. The average Bonchev–Trinajstić information content (AvgIpc) is 1.96. The lowest BCUT2D eigenvalue weighted by atomic mass is 9.98. The van der Waals surface area contributed by atoms with Crippen molar-refractivity contribution in [3.63, 3.8) is 0 Å². The number of ketones is 1. The predicted octanol–water partition coefficient (Wildman–Crippen LogP) is 1.09. The van der Waals surface area contributed by atoms with Gasteiger partial charge in [-0.15, -0.1) is 0 Å². The third-order valence-electron chi connectivity index (χ3n) is 2.31. The molecule has 1 fully saturated rings. The van der Waals surface area contributed by atoms with Crippen molar-refractivity contribution in [2.24, 2.45) is 11.7 Å². The molecule has 2 heteroatoms. The van der Waals surface area contributed by atoms with Gasteiger partial charge >= 0.3 is 0 Å². The molecule has 1 saturated carbocycles. The van der Waals surface area contributed by atoms with E-state index in [2.05, 4.69) is 6.92 Å². The zero-order valence-electron chi connectivity index (χ0n) is 6.47. The smallest absolute Gasteiger partial charge is 0.134 e. The highest BCUT2D eigenvalue weighted by molar-refractivity contribution is 5.79. The van der Waals surface area contributed by atoms with Crippen LogP contribution >= 0.6 is 0 Å². The van der Waals surface area contributed by atoms with Crippen LogP contribution in [0.3, 0.4) is 0 Å². The first kappa shape index (κ1) is 7.73. The van der Waals surface area contributed by atoms with Crippen LogP contribution in [0, 0.1) is 5.92 Å². The molecule has 0 heterocycles. The van der Waals surface area contributed by atoms with Gasteiger partial charge in [0.2, 0.25) is 0 Å². The molecular formula is C8H15NO. The normalized spacial score (nSPS) is 35.6. The summed E-state index contributed by atoms with van der Waals surface area (Å²) in [4.78, 5) is 11.0. The Morgan fingerprint density at radius 3 is 3.00 bits per heavy atom. The molecule has 1 aliphatic carbocycles. The van der Waals surface area contributed by atoms with E-state index in [1.807, 2.05) is 0 Å². The summed E-state index contributed by atoms with van der Waals surface area (Å²) < 4.78 is 0. The van der Waals surface area contributed by atoms with E-state index in [-0.39, 0.29) is 6.04 Å². The van der Waals surface area contributed by atoms with Crippen LogP contribution < -0.4 is 5.73 Å². The number of Topliss-reactive ketones (excluding diaryl/α,β-unsaturated/α-hetero) is 1. The maximum atomic E-state index is 11.0. The van der Waals surface area contributed by atoms with Crippen molar-refractivity contribution >= 4 is 5.78 Å². The molecule has 2 atom stereocenters. The molecule has 0 radical (unpaired) electrons. The topological polar surface area (TPSA) is 43.1 Å². The van der Waals surface area contributed by atoms with Crippen molar-refractivity contribution in [3.05, 3.63) is 0 Å². The Morgan fingerprint density at radius 2 is 2.30 bits per heavy atom. The summed E-state index contributed by atoms with van der Waals surface area (Å²) in [7, 11) is 0. The fourth-order valence-corrected chi connectivity index (χ4v) is 1.40.